The van der Waals surface area contributed by atoms with Crippen molar-refractivity contribution in [1.29, 1.82) is 0 Å². The Hall–Kier alpha value is -2.54. The number of carbonyl (C=O) groups is 1. The van der Waals surface area contributed by atoms with Crippen molar-refractivity contribution in [1.82, 2.24) is 4.90 Å². The highest BCUT2D eigenvalue weighted by atomic mass is 19.4. The number of alkyl halides is 3. The molecule has 1 saturated heterocycles. The second-order valence-electron chi connectivity index (χ2n) is 9.23. The van der Waals surface area contributed by atoms with Crippen LogP contribution in [-0.2, 0) is 4.74 Å². The number of methoxy groups -OCH3 is 1. The summed E-state index contributed by atoms with van der Waals surface area (Å²) >= 11 is 0. The van der Waals surface area contributed by atoms with Crippen LogP contribution in [0.5, 0.6) is 5.75 Å². The molecule has 1 heterocycles. The third-order valence-corrected chi connectivity index (χ3v) is 7.11. The van der Waals surface area contributed by atoms with Crippen LogP contribution in [0, 0.1) is 11.3 Å². The Balaban J connectivity index is 1.39. The molecular weight excluding hydrogens is 431 g/mol. The van der Waals surface area contributed by atoms with E-state index >= 15 is 0 Å². The highest BCUT2D eigenvalue weighted by Gasteiger charge is 2.58. The molecule has 2 aromatic rings. The molecule has 0 amide bonds. The smallest absolute Gasteiger partial charge is 0.395 e. The van der Waals surface area contributed by atoms with Gasteiger partial charge in [-0.05, 0) is 68.5 Å². The Morgan fingerprint density at radius 2 is 1.79 bits per heavy atom. The molecule has 0 atom stereocenters. The average Bonchev–Trinajstić information content (AvgIpc) is 2.80. The molecule has 0 aromatic heterocycles. The average molecular weight is 462 g/mol. The van der Waals surface area contributed by atoms with E-state index in [0.29, 0.717) is 37.4 Å². The number of esters is 1. The van der Waals surface area contributed by atoms with Gasteiger partial charge in [-0.15, -0.1) is 0 Å². The molecule has 2 aliphatic rings. The van der Waals surface area contributed by atoms with Gasteiger partial charge in [0.15, 0.2) is 0 Å². The zero-order chi connectivity index (χ0) is 23.5. The van der Waals surface area contributed by atoms with Crippen molar-refractivity contribution < 1.29 is 27.4 Å². The number of benzene rings is 2. The lowest BCUT2D eigenvalue weighted by molar-refractivity contribution is -0.256. The molecule has 2 fully saturated rings. The Labute approximate surface area is 192 Å². The number of piperidine rings is 1. The molecule has 4 rings (SSSR count). The zero-order valence-electron chi connectivity index (χ0n) is 18.9. The number of carbonyl (C=O) groups excluding carboxylic acids is 1. The van der Waals surface area contributed by atoms with E-state index in [0.717, 1.165) is 24.0 Å². The SMILES string of the molecule is COC(=O)c1ccc(-c2ccccc2)c(OCC2CCN(CC3(C(F)(F)F)CCC3)CC2)c1. The summed E-state index contributed by atoms with van der Waals surface area (Å²) in [7, 11) is 1.34. The summed E-state index contributed by atoms with van der Waals surface area (Å²) in [6.07, 6.45) is -1.37. The Kier molecular flexibility index (Phi) is 6.98. The van der Waals surface area contributed by atoms with Gasteiger partial charge in [0.25, 0.3) is 0 Å². The number of hydrogen-bond donors (Lipinski definition) is 0. The maximum absolute atomic E-state index is 13.5. The van der Waals surface area contributed by atoms with Gasteiger partial charge in [0.2, 0.25) is 0 Å². The van der Waals surface area contributed by atoms with E-state index in [1.807, 2.05) is 41.3 Å². The lowest BCUT2D eigenvalue weighted by Crippen LogP contribution is -2.53. The quantitative estimate of drug-likeness (QED) is 0.477. The number of nitrogens with zero attached hydrogens (tertiary/aromatic N) is 1. The van der Waals surface area contributed by atoms with E-state index in [9.17, 15) is 18.0 Å². The second-order valence-corrected chi connectivity index (χ2v) is 9.23. The molecule has 178 valence electrons. The van der Waals surface area contributed by atoms with Crippen LogP contribution in [0.1, 0.15) is 42.5 Å². The minimum atomic E-state index is -4.12. The summed E-state index contributed by atoms with van der Waals surface area (Å²) in [5.74, 6) is 0.439. The van der Waals surface area contributed by atoms with Gasteiger partial charge in [-0.25, -0.2) is 4.79 Å². The third-order valence-electron chi connectivity index (χ3n) is 7.11. The monoisotopic (exact) mass is 461 g/mol. The molecule has 0 radical (unpaired) electrons. The van der Waals surface area contributed by atoms with Gasteiger partial charge in [0.05, 0.1) is 24.7 Å². The first-order chi connectivity index (χ1) is 15.8. The molecular formula is C26H30F3NO3. The fourth-order valence-corrected chi connectivity index (χ4v) is 4.82. The number of halogens is 3. The summed E-state index contributed by atoms with van der Waals surface area (Å²) in [4.78, 5) is 14.0. The van der Waals surface area contributed by atoms with Crippen LogP contribution in [0.4, 0.5) is 13.2 Å². The van der Waals surface area contributed by atoms with Gasteiger partial charge in [-0.2, -0.15) is 13.2 Å². The lowest BCUT2D eigenvalue weighted by atomic mass is 9.67. The minimum absolute atomic E-state index is 0.114. The van der Waals surface area contributed by atoms with Crippen molar-refractivity contribution in [2.75, 3.05) is 33.4 Å². The second kappa shape index (κ2) is 9.75. The van der Waals surface area contributed by atoms with Crippen LogP contribution >= 0.6 is 0 Å². The maximum Gasteiger partial charge on any atom is 0.395 e. The van der Waals surface area contributed by atoms with Crippen molar-refractivity contribution in [2.24, 2.45) is 11.3 Å². The Morgan fingerprint density at radius 3 is 2.36 bits per heavy atom. The molecule has 7 heteroatoms. The highest BCUT2D eigenvalue weighted by molar-refractivity contribution is 5.91. The van der Waals surface area contributed by atoms with Gasteiger partial charge in [0.1, 0.15) is 5.75 Å². The standard InChI is InChI=1S/C26H30F3NO3/c1-32-24(31)21-8-9-22(20-6-3-2-4-7-20)23(16-21)33-17-19-10-14-30(15-11-19)18-25(12-5-13-25)26(27,28)29/h2-4,6-9,16,19H,5,10-15,17-18H2,1H3. The van der Waals surface area contributed by atoms with Crippen LogP contribution in [0.2, 0.25) is 0 Å². The van der Waals surface area contributed by atoms with Crippen LogP contribution in [0.3, 0.4) is 0 Å². The van der Waals surface area contributed by atoms with Crippen molar-refractivity contribution in [3.05, 3.63) is 54.1 Å². The normalized spacial score (nSPS) is 19.0. The largest absolute Gasteiger partial charge is 0.493 e. The Bertz CT molecular complexity index is 949. The molecule has 0 spiro atoms. The van der Waals surface area contributed by atoms with Crippen LogP contribution in [-0.4, -0.2) is 50.4 Å². The van der Waals surface area contributed by atoms with Crippen LogP contribution in [0.25, 0.3) is 11.1 Å². The number of ether oxygens (including phenoxy) is 2. The fourth-order valence-electron chi connectivity index (χ4n) is 4.82. The summed E-state index contributed by atoms with van der Waals surface area (Å²) in [6.45, 7) is 1.88. The molecule has 0 bridgehead atoms. The minimum Gasteiger partial charge on any atom is -0.493 e. The van der Waals surface area contributed by atoms with E-state index in [1.165, 1.54) is 7.11 Å². The molecule has 1 aliphatic carbocycles. The molecule has 4 nitrogen and oxygen atoms in total. The molecule has 33 heavy (non-hydrogen) atoms. The van der Waals surface area contributed by atoms with Crippen LogP contribution < -0.4 is 4.74 Å². The maximum atomic E-state index is 13.5. The first-order valence-electron chi connectivity index (χ1n) is 11.5. The van der Waals surface area contributed by atoms with E-state index in [1.54, 1.807) is 12.1 Å². The van der Waals surface area contributed by atoms with Gasteiger partial charge in [0, 0.05) is 12.1 Å². The van der Waals surface area contributed by atoms with E-state index < -0.39 is 17.6 Å². The molecule has 1 aliphatic heterocycles. The van der Waals surface area contributed by atoms with Gasteiger partial charge < -0.3 is 14.4 Å². The predicted molar refractivity (Wildman–Crippen MR) is 120 cm³/mol. The van der Waals surface area contributed by atoms with Crippen LogP contribution in [0.15, 0.2) is 48.5 Å². The summed E-state index contributed by atoms with van der Waals surface area (Å²) < 4.78 is 51.6. The predicted octanol–water partition coefficient (Wildman–Crippen LogP) is 5.96. The van der Waals surface area contributed by atoms with Gasteiger partial charge in [-0.1, -0.05) is 36.8 Å². The summed E-state index contributed by atoms with van der Waals surface area (Å²) in [6, 6.07) is 15.1. The third kappa shape index (κ3) is 5.18. The first-order valence-corrected chi connectivity index (χ1v) is 11.5. The zero-order valence-corrected chi connectivity index (χ0v) is 18.9. The van der Waals surface area contributed by atoms with Crippen molar-refractivity contribution in [2.45, 2.75) is 38.3 Å². The number of hydrogen-bond acceptors (Lipinski definition) is 4. The van der Waals surface area contributed by atoms with E-state index in [-0.39, 0.29) is 25.3 Å². The topological polar surface area (TPSA) is 38.8 Å². The number of rotatable bonds is 7. The van der Waals surface area contributed by atoms with E-state index in [2.05, 4.69) is 0 Å². The summed E-state index contributed by atoms with van der Waals surface area (Å²) in [5, 5.41) is 0. The number of likely N-dealkylation sites (tertiary alicyclic amines) is 1. The molecule has 0 N–H and O–H groups in total. The molecule has 2 aromatic carbocycles. The molecule has 1 saturated carbocycles. The highest BCUT2D eigenvalue weighted by Crippen LogP contribution is 2.53. The van der Waals surface area contributed by atoms with Crippen molar-refractivity contribution in [3.63, 3.8) is 0 Å². The van der Waals surface area contributed by atoms with Crippen molar-refractivity contribution in [3.8, 4) is 16.9 Å². The lowest BCUT2D eigenvalue weighted by Gasteiger charge is -2.47. The fraction of sp³-hybridized carbons (Fsp3) is 0.500. The Morgan fingerprint density at radius 1 is 1.09 bits per heavy atom. The molecule has 0 unspecified atom stereocenters. The van der Waals surface area contributed by atoms with Gasteiger partial charge in [-0.3, -0.25) is 0 Å². The summed E-state index contributed by atoms with van der Waals surface area (Å²) in [5.41, 5.74) is 0.782. The van der Waals surface area contributed by atoms with Crippen molar-refractivity contribution >= 4 is 5.97 Å². The first kappa shape index (κ1) is 23.6. The van der Waals surface area contributed by atoms with Gasteiger partial charge >= 0.3 is 12.1 Å². The van der Waals surface area contributed by atoms with E-state index in [4.69, 9.17) is 9.47 Å².